The summed E-state index contributed by atoms with van der Waals surface area (Å²) in [5.41, 5.74) is 2.14. The molecule has 3 heterocycles. The molecule has 2 N–H and O–H groups in total. The summed E-state index contributed by atoms with van der Waals surface area (Å²) in [6.45, 7) is 4.74. The zero-order valence-electron chi connectivity index (χ0n) is 13.1. The van der Waals surface area contributed by atoms with Gasteiger partial charge in [0.2, 0.25) is 0 Å². The topological polar surface area (TPSA) is 48.1 Å². The number of fused-ring (bicyclic) bond motifs is 3. The molecule has 0 aliphatic carbocycles. The molecule has 116 valence electrons. The van der Waals surface area contributed by atoms with Crippen LogP contribution in [0.4, 0.5) is 0 Å². The van der Waals surface area contributed by atoms with Gasteiger partial charge >= 0.3 is 0 Å². The zero-order chi connectivity index (χ0) is 15.2. The van der Waals surface area contributed by atoms with E-state index < -0.39 is 0 Å². The van der Waals surface area contributed by atoms with Gasteiger partial charge in [0.1, 0.15) is 0 Å². The van der Waals surface area contributed by atoms with Crippen LogP contribution in [0.2, 0.25) is 0 Å². The van der Waals surface area contributed by atoms with Crippen molar-refractivity contribution in [2.24, 2.45) is 0 Å². The van der Waals surface area contributed by atoms with Crippen molar-refractivity contribution in [1.82, 2.24) is 15.2 Å². The van der Waals surface area contributed by atoms with Crippen LogP contribution in [0.5, 0.6) is 0 Å². The van der Waals surface area contributed by atoms with Crippen molar-refractivity contribution < 1.29 is 4.79 Å². The van der Waals surface area contributed by atoms with Gasteiger partial charge in [0, 0.05) is 43.3 Å². The van der Waals surface area contributed by atoms with Crippen molar-refractivity contribution >= 4 is 16.7 Å². The molecule has 2 unspecified atom stereocenters. The summed E-state index contributed by atoms with van der Waals surface area (Å²) in [5.74, 6) is 0.372. The summed E-state index contributed by atoms with van der Waals surface area (Å²) < 4.78 is 0. The summed E-state index contributed by atoms with van der Waals surface area (Å²) in [7, 11) is 0. The summed E-state index contributed by atoms with van der Waals surface area (Å²) in [6.07, 6.45) is 2.74. The number of carbonyl (C=O) groups excluding carboxylic acids is 1. The van der Waals surface area contributed by atoms with Gasteiger partial charge in [-0.05, 0) is 30.4 Å². The molecule has 1 aromatic heterocycles. The summed E-state index contributed by atoms with van der Waals surface area (Å²) in [6, 6.07) is 11.1. The second-order valence-corrected chi connectivity index (χ2v) is 6.79. The summed E-state index contributed by atoms with van der Waals surface area (Å²) >= 11 is 0. The molecule has 0 saturated carbocycles. The molecule has 0 spiro atoms. The second-order valence-electron chi connectivity index (χ2n) is 6.79. The Balaban J connectivity index is 1.54. The lowest BCUT2D eigenvalue weighted by atomic mass is 9.90. The maximum Gasteiger partial charge on any atom is 0.153 e. The van der Waals surface area contributed by atoms with Crippen molar-refractivity contribution in [1.29, 1.82) is 0 Å². The SMILES string of the molecule is CCC(=O)C12CCC(CN(Cc3cc4ccccc4[nH]3)C1)N2. The lowest BCUT2D eigenvalue weighted by Crippen LogP contribution is -2.62. The zero-order valence-corrected chi connectivity index (χ0v) is 13.1. The van der Waals surface area contributed by atoms with Gasteiger partial charge in [0.15, 0.2) is 5.78 Å². The number of para-hydroxylation sites is 1. The summed E-state index contributed by atoms with van der Waals surface area (Å²) in [5, 5.41) is 4.85. The number of piperazine rings is 1. The lowest BCUT2D eigenvalue weighted by molar-refractivity contribution is -0.126. The molecule has 2 bridgehead atoms. The van der Waals surface area contributed by atoms with E-state index in [-0.39, 0.29) is 5.54 Å². The number of likely N-dealkylation sites (tertiary alicyclic amines) is 1. The molecule has 2 aliphatic rings. The minimum Gasteiger partial charge on any atom is -0.357 e. The molecule has 4 rings (SSSR count). The number of ketones is 1. The van der Waals surface area contributed by atoms with E-state index in [2.05, 4.69) is 45.5 Å². The molecule has 2 aromatic rings. The first kappa shape index (κ1) is 14.0. The predicted molar refractivity (Wildman–Crippen MR) is 87.8 cm³/mol. The minimum absolute atomic E-state index is 0.288. The number of benzene rings is 1. The highest BCUT2D eigenvalue weighted by molar-refractivity contribution is 5.89. The van der Waals surface area contributed by atoms with E-state index in [9.17, 15) is 4.79 Å². The molecule has 2 saturated heterocycles. The van der Waals surface area contributed by atoms with Crippen molar-refractivity contribution in [3.63, 3.8) is 0 Å². The van der Waals surface area contributed by atoms with Crippen LogP contribution in [0, 0.1) is 0 Å². The maximum atomic E-state index is 12.4. The first-order valence-corrected chi connectivity index (χ1v) is 8.28. The fourth-order valence-electron chi connectivity index (χ4n) is 4.20. The second kappa shape index (κ2) is 5.21. The average Bonchev–Trinajstić information content (AvgIpc) is 3.07. The van der Waals surface area contributed by atoms with Crippen LogP contribution in [0.1, 0.15) is 31.9 Å². The predicted octanol–water partition coefficient (Wildman–Crippen LogP) is 2.45. The quantitative estimate of drug-likeness (QED) is 0.911. The monoisotopic (exact) mass is 297 g/mol. The molecular weight excluding hydrogens is 274 g/mol. The van der Waals surface area contributed by atoms with Crippen LogP contribution in [0.25, 0.3) is 10.9 Å². The van der Waals surface area contributed by atoms with E-state index >= 15 is 0 Å². The van der Waals surface area contributed by atoms with Crippen LogP contribution in [-0.4, -0.2) is 40.3 Å². The molecule has 0 amide bonds. The van der Waals surface area contributed by atoms with Crippen LogP contribution in [-0.2, 0) is 11.3 Å². The van der Waals surface area contributed by atoms with Gasteiger partial charge < -0.3 is 4.98 Å². The number of hydrogen-bond acceptors (Lipinski definition) is 3. The van der Waals surface area contributed by atoms with Gasteiger partial charge in [-0.3, -0.25) is 15.0 Å². The highest BCUT2D eigenvalue weighted by Crippen LogP contribution is 2.32. The van der Waals surface area contributed by atoms with Crippen molar-refractivity contribution in [2.75, 3.05) is 13.1 Å². The normalized spacial score (nSPS) is 28.3. The largest absolute Gasteiger partial charge is 0.357 e. The van der Waals surface area contributed by atoms with Gasteiger partial charge in [-0.25, -0.2) is 0 Å². The number of aromatic amines is 1. The fraction of sp³-hybridized carbons (Fsp3) is 0.500. The highest BCUT2D eigenvalue weighted by Gasteiger charge is 2.48. The van der Waals surface area contributed by atoms with E-state index in [1.54, 1.807) is 0 Å². The number of hydrogen-bond donors (Lipinski definition) is 2. The van der Waals surface area contributed by atoms with Gasteiger partial charge in [-0.15, -0.1) is 0 Å². The maximum absolute atomic E-state index is 12.4. The van der Waals surface area contributed by atoms with E-state index in [1.165, 1.54) is 16.6 Å². The summed E-state index contributed by atoms with van der Waals surface area (Å²) in [4.78, 5) is 18.3. The number of Topliss-reactive ketones (excluding diaryl/α,β-unsaturated/α-hetero) is 1. The van der Waals surface area contributed by atoms with E-state index in [0.717, 1.165) is 32.5 Å². The highest BCUT2D eigenvalue weighted by atomic mass is 16.1. The Morgan fingerprint density at radius 3 is 3.09 bits per heavy atom. The number of carbonyl (C=O) groups is 1. The Morgan fingerprint density at radius 1 is 1.41 bits per heavy atom. The number of nitrogens with one attached hydrogen (secondary N) is 2. The Labute approximate surface area is 130 Å². The molecule has 1 aromatic carbocycles. The Hall–Kier alpha value is -1.65. The molecule has 22 heavy (non-hydrogen) atoms. The standard InChI is InChI=1S/C18H23N3O/c1-2-17(22)18-8-7-14(20-18)10-21(12-18)11-15-9-13-5-3-4-6-16(13)19-15/h3-6,9,14,19-20H,2,7-8,10-12H2,1H3. The lowest BCUT2D eigenvalue weighted by Gasteiger charge is -2.40. The van der Waals surface area contributed by atoms with Crippen molar-refractivity contribution in [3.8, 4) is 0 Å². The smallest absolute Gasteiger partial charge is 0.153 e. The van der Waals surface area contributed by atoms with Crippen molar-refractivity contribution in [2.45, 2.75) is 44.3 Å². The Kier molecular flexibility index (Phi) is 3.31. The first-order chi connectivity index (χ1) is 10.7. The van der Waals surface area contributed by atoms with E-state index in [1.807, 2.05) is 6.92 Å². The molecule has 2 aliphatic heterocycles. The van der Waals surface area contributed by atoms with Gasteiger partial charge in [-0.1, -0.05) is 25.1 Å². The fourth-order valence-corrected chi connectivity index (χ4v) is 4.20. The first-order valence-electron chi connectivity index (χ1n) is 8.28. The molecule has 4 nitrogen and oxygen atoms in total. The van der Waals surface area contributed by atoms with E-state index in [0.29, 0.717) is 18.2 Å². The molecular formula is C18H23N3O. The third kappa shape index (κ3) is 2.27. The Morgan fingerprint density at radius 2 is 2.27 bits per heavy atom. The number of H-pyrrole nitrogens is 1. The number of rotatable bonds is 4. The minimum atomic E-state index is -0.288. The van der Waals surface area contributed by atoms with Crippen molar-refractivity contribution in [3.05, 3.63) is 36.0 Å². The van der Waals surface area contributed by atoms with E-state index in [4.69, 9.17) is 0 Å². The molecule has 2 atom stereocenters. The van der Waals surface area contributed by atoms with Crippen LogP contribution in [0.15, 0.2) is 30.3 Å². The van der Waals surface area contributed by atoms with Crippen LogP contribution < -0.4 is 5.32 Å². The molecule has 0 radical (unpaired) electrons. The third-order valence-electron chi connectivity index (χ3n) is 5.21. The average molecular weight is 297 g/mol. The van der Waals surface area contributed by atoms with Crippen LogP contribution >= 0.6 is 0 Å². The Bertz CT molecular complexity index is 674. The van der Waals surface area contributed by atoms with Gasteiger partial charge in [0.25, 0.3) is 0 Å². The number of nitrogens with zero attached hydrogens (tertiary/aromatic N) is 1. The van der Waals surface area contributed by atoms with Gasteiger partial charge in [-0.2, -0.15) is 0 Å². The van der Waals surface area contributed by atoms with Crippen LogP contribution in [0.3, 0.4) is 0 Å². The van der Waals surface area contributed by atoms with Gasteiger partial charge in [0.05, 0.1) is 5.54 Å². The molecule has 2 fully saturated rings. The third-order valence-corrected chi connectivity index (χ3v) is 5.21. The molecule has 4 heteroatoms. The number of aromatic nitrogens is 1.